The van der Waals surface area contributed by atoms with E-state index in [9.17, 15) is 9.90 Å². The second-order valence-corrected chi connectivity index (χ2v) is 5.52. The molecule has 0 bridgehead atoms. The van der Waals surface area contributed by atoms with Gasteiger partial charge in [0.2, 0.25) is 5.91 Å². The average Bonchev–Trinajstić information content (AvgIpc) is 2.98. The van der Waals surface area contributed by atoms with Crippen LogP contribution in [0.5, 0.6) is 0 Å². The molecule has 2 N–H and O–H groups in total. The predicted molar refractivity (Wildman–Crippen MR) is 82.8 cm³/mol. The van der Waals surface area contributed by atoms with Gasteiger partial charge in [-0.2, -0.15) is 0 Å². The molecule has 2 aromatic rings. The molecule has 0 spiro atoms. The molecular formula is C15H14ClNO2S. The summed E-state index contributed by atoms with van der Waals surface area (Å²) in [4.78, 5) is 12.5. The van der Waals surface area contributed by atoms with E-state index in [1.165, 1.54) is 17.4 Å². The molecule has 0 saturated carbocycles. The highest BCUT2D eigenvalue weighted by molar-refractivity contribution is 7.10. The number of carbonyl (C=O) groups is 1. The van der Waals surface area contributed by atoms with Gasteiger partial charge in [0.05, 0.1) is 0 Å². The van der Waals surface area contributed by atoms with Crippen molar-refractivity contribution in [1.29, 1.82) is 0 Å². The molecule has 1 heterocycles. The van der Waals surface area contributed by atoms with Crippen molar-refractivity contribution in [2.24, 2.45) is 0 Å². The minimum Gasteiger partial charge on any atom is -0.386 e. The van der Waals surface area contributed by atoms with Crippen molar-refractivity contribution in [3.8, 4) is 0 Å². The Hall–Kier alpha value is -1.62. The number of hydrogen-bond donors (Lipinski definition) is 2. The summed E-state index contributed by atoms with van der Waals surface area (Å²) in [6.07, 6.45) is 2.38. The Morgan fingerprint density at radius 3 is 2.85 bits per heavy atom. The fourth-order valence-corrected chi connectivity index (χ4v) is 2.52. The van der Waals surface area contributed by atoms with Gasteiger partial charge in [0.25, 0.3) is 0 Å². The molecule has 0 fully saturated rings. The van der Waals surface area contributed by atoms with E-state index in [0.717, 1.165) is 10.4 Å². The van der Waals surface area contributed by atoms with Crippen molar-refractivity contribution >= 4 is 34.9 Å². The van der Waals surface area contributed by atoms with Crippen LogP contribution < -0.4 is 5.32 Å². The third-order valence-electron chi connectivity index (χ3n) is 2.66. The molecule has 0 unspecified atom stereocenters. The zero-order chi connectivity index (χ0) is 14.4. The second kappa shape index (κ2) is 7.24. The average molecular weight is 308 g/mol. The number of halogens is 1. The molecule has 0 aliphatic rings. The van der Waals surface area contributed by atoms with E-state index in [4.69, 9.17) is 11.6 Å². The number of amides is 1. The van der Waals surface area contributed by atoms with E-state index in [1.807, 2.05) is 35.7 Å². The van der Waals surface area contributed by atoms with Crippen LogP contribution >= 0.6 is 22.9 Å². The molecular weight excluding hydrogens is 294 g/mol. The molecule has 0 aliphatic heterocycles. The Morgan fingerprint density at radius 2 is 2.15 bits per heavy atom. The summed E-state index contributed by atoms with van der Waals surface area (Å²) in [5, 5.41) is 15.0. The maximum absolute atomic E-state index is 11.7. The Labute approximate surface area is 126 Å². The van der Waals surface area contributed by atoms with Crippen molar-refractivity contribution < 1.29 is 9.90 Å². The van der Waals surface area contributed by atoms with Gasteiger partial charge in [0.1, 0.15) is 6.10 Å². The van der Waals surface area contributed by atoms with Crippen LogP contribution in [-0.2, 0) is 4.79 Å². The molecule has 0 aliphatic carbocycles. The van der Waals surface area contributed by atoms with Gasteiger partial charge in [-0.15, -0.1) is 11.3 Å². The van der Waals surface area contributed by atoms with Crippen LogP contribution in [0, 0.1) is 0 Å². The first kappa shape index (κ1) is 14.8. The molecule has 1 amide bonds. The lowest BCUT2D eigenvalue weighted by atomic mass is 10.2. The summed E-state index contributed by atoms with van der Waals surface area (Å²) < 4.78 is 0. The minimum absolute atomic E-state index is 0.187. The lowest BCUT2D eigenvalue weighted by molar-refractivity contribution is -0.116. The van der Waals surface area contributed by atoms with Crippen LogP contribution in [0.4, 0.5) is 0 Å². The van der Waals surface area contributed by atoms with Gasteiger partial charge < -0.3 is 10.4 Å². The van der Waals surface area contributed by atoms with Crippen LogP contribution in [-0.4, -0.2) is 17.6 Å². The number of nitrogens with one attached hydrogen (secondary N) is 1. The zero-order valence-corrected chi connectivity index (χ0v) is 12.2. The first-order valence-electron chi connectivity index (χ1n) is 6.08. The van der Waals surface area contributed by atoms with Gasteiger partial charge in [-0.25, -0.2) is 0 Å². The van der Waals surface area contributed by atoms with Gasteiger partial charge in [-0.05, 0) is 29.2 Å². The Balaban J connectivity index is 1.85. The largest absolute Gasteiger partial charge is 0.386 e. The molecule has 2 rings (SSSR count). The molecule has 5 heteroatoms. The fourth-order valence-electron chi connectivity index (χ4n) is 1.61. The van der Waals surface area contributed by atoms with Crippen LogP contribution in [0.3, 0.4) is 0 Å². The number of aliphatic hydroxyl groups is 1. The maximum Gasteiger partial charge on any atom is 0.244 e. The molecule has 3 nitrogen and oxygen atoms in total. The van der Waals surface area contributed by atoms with Gasteiger partial charge in [0.15, 0.2) is 0 Å². The summed E-state index contributed by atoms with van der Waals surface area (Å²) >= 11 is 7.44. The number of hydrogen-bond acceptors (Lipinski definition) is 3. The van der Waals surface area contributed by atoms with Crippen molar-refractivity contribution in [1.82, 2.24) is 5.32 Å². The van der Waals surface area contributed by atoms with Gasteiger partial charge in [-0.1, -0.05) is 35.9 Å². The summed E-state index contributed by atoms with van der Waals surface area (Å²) in [5.74, 6) is -0.263. The normalized spacial score (nSPS) is 12.5. The van der Waals surface area contributed by atoms with Crippen LogP contribution in [0.1, 0.15) is 16.5 Å². The minimum atomic E-state index is -0.673. The van der Waals surface area contributed by atoms with Crippen LogP contribution in [0.25, 0.3) is 6.08 Å². The number of rotatable bonds is 5. The van der Waals surface area contributed by atoms with Crippen LogP contribution in [0.15, 0.2) is 47.9 Å². The van der Waals surface area contributed by atoms with E-state index >= 15 is 0 Å². The number of benzene rings is 1. The van der Waals surface area contributed by atoms with Crippen molar-refractivity contribution in [3.63, 3.8) is 0 Å². The molecule has 1 atom stereocenters. The molecule has 20 heavy (non-hydrogen) atoms. The molecule has 1 aromatic heterocycles. The van der Waals surface area contributed by atoms with Crippen molar-refractivity contribution in [2.75, 3.05) is 6.54 Å². The van der Waals surface area contributed by atoms with Gasteiger partial charge in [0, 0.05) is 22.5 Å². The van der Waals surface area contributed by atoms with E-state index in [-0.39, 0.29) is 12.5 Å². The Kier molecular flexibility index (Phi) is 5.35. The highest BCUT2D eigenvalue weighted by Crippen LogP contribution is 2.18. The third-order valence-corrected chi connectivity index (χ3v) is 3.98. The highest BCUT2D eigenvalue weighted by Gasteiger charge is 2.08. The van der Waals surface area contributed by atoms with E-state index in [0.29, 0.717) is 5.02 Å². The lowest BCUT2D eigenvalue weighted by Crippen LogP contribution is -2.26. The first-order chi connectivity index (χ1) is 9.66. The first-order valence-corrected chi connectivity index (χ1v) is 7.34. The summed E-state index contributed by atoms with van der Waals surface area (Å²) in [6, 6.07) is 11.0. The fraction of sp³-hybridized carbons (Fsp3) is 0.133. The van der Waals surface area contributed by atoms with E-state index in [2.05, 4.69) is 5.32 Å². The van der Waals surface area contributed by atoms with Crippen LogP contribution in [0.2, 0.25) is 5.02 Å². The predicted octanol–water partition coefficient (Wildman–Crippen LogP) is 3.26. The second-order valence-electron chi connectivity index (χ2n) is 4.13. The number of aliphatic hydroxyl groups excluding tert-OH is 1. The van der Waals surface area contributed by atoms with Crippen molar-refractivity contribution in [3.05, 3.63) is 63.3 Å². The van der Waals surface area contributed by atoms with Crippen molar-refractivity contribution in [2.45, 2.75) is 6.10 Å². The maximum atomic E-state index is 11.7. The summed E-state index contributed by atoms with van der Waals surface area (Å²) in [6.45, 7) is 0.187. The number of carbonyl (C=O) groups excluding carboxylic acids is 1. The monoisotopic (exact) mass is 307 g/mol. The van der Waals surface area contributed by atoms with E-state index < -0.39 is 6.10 Å². The molecule has 0 radical (unpaired) electrons. The highest BCUT2D eigenvalue weighted by atomic mass is 35.5. The third kappa shape index (κ3) is 4.20. The number of thiophene rings is 1. The molecule has 1 aromatic carbocycles. The quantitative estimate of drug-likeness (QED) is 0.833. The SMILES string of the molecule is O=C(/C=C/c1ccccc1Cl)NC[C@@H](O)c1cccs1. The lowest BCUT2D eigenvalue weighted by Gasteiger charge is -2.08. The molecule has 0 saturated heterocycles. The van der Waals surface area contributed by atoms with E-state index in [1.54, 1.807) is 12.1 Å². The standard InChI is InChI=1S/C15H14ClNO2S/c16-12-5-2-1-4-11(12)7-8-15(19)17-10-13(18)14-6-3-9-20-14/h1-9,13,18H,10H2,(H,17,19)/b8-7+/t13-/m1/s1. The summed E-state index contributed by atoms with van der Waals surface area (Å²) in [5.41, 5.74) is 0.781. The Morgan fingerprint density at radius 1 is 1.35 bits per heavy atom. The smallest absolute Gasteiger partial charge is 0.244 e. The zero-order valence-electron chi connectivity index (χ0n) is 10.6. The topological polar surface area (TPSA) is 49.3 Å². The Bertz CT molecular complexity index is 596. The molecule has 104 valence electrons. The van der Waals surface area contributed by atoms with Gasteiger partial charge in [-0.3, -0.25) is 4.79 Å². The summed E-state index contributed by atoms with van der Waals surface area (Å²) in [7, 11) is 0. The van der Waals surface area contributed by atoms with Gasteiger partial charge >= 0.3 is 0 Å².